The van der Waals surface area contributed by atoms with E-state index in [0.29, 0.717) is 5.92 Å². The second-order valence-corrected chi connectivity index (χ2v) is 6.41. The highest BCUT2D eigenvalue weighted by molar-refractivity contribution is 7.11. The number of thiophene rings is 2. The molecule has 2 heterocycles. The zero-order chi connectivity index (χ0) is 12.4. The van der Waals surface area contributed by atoms with Gasteiger partial charge in [0.1, 0.15) is 0 Å². The van der Waals surface area contributed by atoms with Gasteiger partial charge in [-0.2, -0.15) is 0 Å². The average Bonchev–Trinajstić information content (AvgIpc) is 3.02. The van der Waals surface area contributed by atoms with Crippen molar-refractivity contribution < 1.29 is 0 Å². The van der Waals surface area contributed by atoms with Crippen LogP contribution in [0.5, 0.6) is 0 Å². The first-order valence-electron chi connectivity index (χ1n) is 5.67. The van der Waals surface area contributed by atoms with Crippen molar-refractivity contribution in [1.82, 2.24) is 0 Å². The summed E-state index contributed by atoms with van der Waals surface area (Å²) in [5.41, 5.74) is 1.26. The van der Waals surface area contributed by atoms with Gasteiger partial charge < -0.3 is 0 Å². The van der Waals surface area contributed by atoms with Gasteiger partial charge in [0.15, 0.2) is 0 Å². The van der Waals surface area contributed by atoms with Gasteiger partial charge in [0, 0.05) is 14.8 Å². The van der Waals surface area contributed by atoms with E-state index in [0.717, 1.165) is 5.02 Å². The Labute approximate surface area is 119 Å². The van der Waals surface area contributed by atoms with E-state index >= 15 is 0 Å². The fourth-order valence-corrected chi connectivity index (χ4v) is 4.08. The summed E-state index contributed by atoms with van der Waals surface area (Å²) >= 11 is 9.71. The van der Waals surface area contributed by atoms with Crippen LogP contribution >= 0.6 is 34.3 Å². The molecule has 0 aliphatic carbocycles. The van der Waals surface area contributed by atoms with Crippen molar-refractivity contribution in [2.75, 3.05) is 0 Å². The van der Waals surface area contributed by atoms with Crippen LogP contribution < -0.4 is 0 Å². The molecular formula is C15H11ClS2. The van der Waals surface area contributed by atoms with E-state index in [9.17, 15) is 0 Å². The average molecular weight is 291 g/mol. The zero-order valence-electron chi connectivity index (χ0n) is 9.55. The maximum Gasteiger partial charge on any atom is 0.0528 e. The second kappa shape index (κ2) is 5.27. The summed E-state index contributed by atoms with van der Waals surface area (Å²) in [6.07, 6.45) is 0. The summed E-state index contributed by atoms with van der Waals surface area (Å²) < 4.78 is 0. The molecule has 0 radical (unpaired) electrons. The number of hydrogen-bond acceptors (Lipinski definition) is 2. The van der Waals surface area contributed by atoms with Gasteiger partial charge in [-0.15, -0.1) is 22.7 Å². The molecule has 0 nitrogen and oxygen atoms in total. The first kappa shape index (κ1) is 12.0. The minimum absolute atomic E-state index is 0.309. The van der Waals surface area contributed by atoms with Gasteiger partial charge in [-0.25, -0.2) is 0 Å². The first-order valence-corrected chi connectivity index (χ1v) is 7.80. The van der Waals surface area contributed by atoms with Gasteiger partial charge in [0.25, 0.3) is 0 Å². The van der Waals surface area contributed by atoms with Gasteiger partial charge >= 0.3 is 0 Å². The van der Waals surface area contributed by atoms with Crippen LogP contribution in [0.25, 0.3) is 0 Å². The Morgan fingerprint density at radius 2 is 1.50 bits per heavy atom. The van der Waals surface area contributed by atoms with Crippen LogP contribution in [0.3, 0.4) is 0 Å². The first-order chi connectivity index (χ1) is 8.84. The monoisotopic (exact) mass is 290 g/mol. The smallest absolute Gasteiger partial charge is 0.0528 e. The molecular weight excluding hydrogens is 280 g/mol. The summed E-state index contributed by atoms with van der Waals surface area (Å²) in [7, 11) is 0. The second-order valence-electron chi connectivity index (χ2n) is 4.02. The number of hydrogen-bond donors (Lipinski definition) is 0. The molecule has 18 heavy (non-hydrogen) atoms. The van der Waals surface area contributed by atoms with Gasteiger partial charge in [0.05, 0.1) is 5.92 Å². The van der Waals surface area contributed by atoms with Gasteiger partial charge in [-0.05, 0) is 40.6 Å². The minimum atomic E-state index is 0.309. The highest BCUT2D eigenvalue weighted by Crippen LogP contribution is 2.37. The standard InChI is InChI=1S/C15H11ClS2/c16-12-5-1-4-11(10-12)15(13-6-2-8-17-13)14-7-3-9-18-14/h1-10,15H. The fourth-order valence-electron chi connectivity index (χ4n) is 2.07. The summed E-state index contributed by atoms with van der Waals surface area (Å²) in [5, 5.41) is 5.05. The van der Waals surface area contributed by atoms with E-state index < -0.39 is 0 Å². The SMILES string of the molecule is Clc1cccc(C(c2cccs2)c2cccs2)c1. The Morgan fingerprint density at radius 3 is 2.00 bits per heavy atom. The molecule has 0 spiro atoms. The van der Waals surface area contributed by atoms with Crippen LogP contribution in [0, 0.1) is 0 Å². The zero-order valence-corrected chi connectivity index (χ0v) is 11.9. The molecule has 0 atom stereocenters. The summed E-state index contributed by atoms with van der Waals surface area (Å²) in [6, 6.07) is 16.7. The Kier molecular flexibility index (Phi) is 3.50. The number of rotatable bonds is 3. The molecule has 0 saturated carbocycles. The molecule has 3 aromatic rings. The van der Waals surface area contributed by atoms with Crippen molar-refractivity contribution in [3.05, 3.63) is 79.6 Å². The third kappa shape index (κ3) is 2.37. The predicted molar refractivity (Wildman–Crippen MR) is 81.0 cm³/mol. The third-order valence-electron chi connectivity index (χ3n) is 2.84. The fraction of sp³-hybridized carbons (Fsp3) is 0.0667. The maximum atomic E-state index is 6.12. The van der Waals surface area contributed by atoms with Gasteiger partial charge in [-0.3, -0.25) is 0 Å². The Morgan fingerprint density at radius 1 is 0.833 bits per heavy atom. The molecule has 1 aromatic carbocycles. The highest BCUT2D eigenvalue weighted by Gasteiger charge is 2.18. The van der Waals surface area contributed by atoms with Crippen molar-refractivity contribution in [3.8, 4) is 0 Å². The Balaban J connectivity index is 2.11. The van der Waals surface area contributed by atoms with Gasteiger partial charge in [0.2, 0.25) is 0 Å². The van der Waals surface area contributed by atoms with E-state index in [-0.39, 0.29) is 0 Å². The molecule has 0 N–H and O–H groups in total. The van der Waals surface area contributed by atoms with Crippen LogP contribution in [0.1, 0.15) is 21.2 Å². The van der Waals surface area contributed by atoms with Crippen LogP contribution in [0.15, 0.2) is 59.3 Å². The van der Waals surface area contributed by atoms with Gasteiger partial charge in [-0.1, -0.05) is 35.9 Å². The predicted octanol–water partition coefficient (Wildman–Crippen LogP) is 5.64. The van der Waals surface area contributed by atoms with E-state index in [1.54, 1.807) is 22.7 Å². The molecule has 0 aliphatic heterocycles. The van der Waals surface area contributed by atoms with E-state index in [1.165, 1.54) is 15.3 Å². The topological polar surface area (TPSA) is 0 Å². The molecule has 0 bridgehead atoms. The van der Waals surface area contributed by atoms with E-state index in [2.05, 4.69) is 47.2 Å². The Bertz CT molecular complexity index is 578. The van der Waals surface area contributed by atoms with E-state index in [4.69, 9.17) is 11.6 Å². The van der Waals surface area contributed by atoms with Crippen molar-refractivity contribution >= 4 is 34.3 Å². The molecule has 2 aromatic heterocycles. The lowest BCUT2D eigenvalue weighted by molar-refractivity contribution is 1.04. The Hall–Kier alpha value is -1.09. The molecule has 0 amide bonds. The minimum Gasteiger partial charge on any atom is -0.148 e. The molecule has 0 unspecified atom stereocenters. The van der Waals surface area contributed by atoms with Crippen molar-refractivity contribution in [1.29, 1.82) is 0 Å². The highest BCUT2D eigenvalue weighted by atomic mass is 35.5. The largest absolute Gasteiger partial charge is 0.148 e. The van der Waals surface area contributed by atoms with Crippen LogP contribution in [0.4, 0.5) is 0 Å². The van der Waals surface area contributed by atoms with Crippen molar-refractivity contribution in [2.45, 2.75) is 5.92 Å². The maximum absolute atomic E-state index is 6.12. The van der Waals surface area contributed by atoms with Crippen LogP contribution in [-0.2, 0) is 0 Å². The summed E-state index contributed by atoms with van der Waals surface area (Å²) in [6.45, 7) is 0. The summed E-state index contributed by atoms with van der Waals surface area (Å²) in [4.78, 5) is 2.72. The van der Waals surface area contributed by atoms with Crippen molar-refractivity contribution in [2.24, 2.45) is 0 Å². The lowest BCUT2D eigenvalue weighted by Gasteiger charge is -2.14. The normalized spacial score (nSPS) is 11.0. The van der Waals surface area contributed by atoms with Crippen LogP contribution in [0.2, 0.25) is 5.02 Å². The molecule has 3 rings (SSSR count). The van der Waals surface area contributed by atoms with E-state index in [1.807, 2.05) is 12.1 Å². The molecule has 90 valence electrons. The number of halogens is 1. The molecule has 0 fully saturated rings. The van der Waals surface area contributed by atoms with Crippen molar-refractivity contribution in [3.63, 3.8) is 0 Å². The number of benzene rings is 1. The quantitative estimate of drug-likeness (QED) is 0.585. The molecule has 0 saturated heterocycles. The summed E-state index contributed by atoms with van der Waals surface area (Å²) in [5.74, 6) is 0.309. The third-order valence-corrected chi connectivity index (χ3v) is 4.95. The molecule has 3 heteroatoms. The molecule has 0 aliphatic rings. The lowest BCUT2D eigenvalue weighted by atomic mass is 9.96. The van der Waals surface area contributed by atoms with Crippen LogP contribution in [-0.4, -0.2) is 0 Å². The lowest BCUT2D eigenvalue weighted by Crippen LogP contribution is -1.98.